The summed E-state index contributed by atoms with van der Waals surface area (Å²) in [5.41, 5.74) is 2.82. The van der Waals surface area contributed by atoms with Crippen molar-refractivity contribution >= 4 is 38.4 Å². The van der Waals surface area contributed by atoms with Gasteiger partial charge in [-0.15, -0.1) is 11.3 Å². The van der Waals surface area contributed by atoms with Gasteiger partial charge in [0.1, 0.15) is 11.0 Å². The second-order valence-corrected chi connectivity index (χ2v) is 8.02. The first-order valence-corrected chi connectivity index (χ1v) is 10.2. The van der Waals surface area contributed by atoms with E-state index in [2.05, 4.69) is 11.2 Å². The number of fused-ring (bicyclic) bond motifs is 2. The fourth-order valence-corrected chi connectivity index (χ4v) is 4.87. The van der Waals surface area contributed by atoms with Gasteiger partial charge in [-0.05, 0) is 18.2 Å². The molecule has 7 heteroatoms. The van der Waals surface area contributed by atoms with E-state index in [0.717, 1.165) is 31.8 Å². The molecule has 1 unspecified atom stereocenters. The third-order valence-electron chi connectivity index (χ3n) is 5.20. The third kappa shape index (κ3) is 2.96. The van der Waals surface area contributed by atoms with Crippen molar-refractivity contribution in [2.24, 2.45) is 7.05 Å². The number of morpholine rings is 1. The molecular weight excluding hydrogens is 372 g/mol. The molecule has 1 aliphatic heterocycles. The van der Waals surface area contributed by atoms with Gasteiger partial charge in [0.15, 0.2) is 0 Å². The van der Waals surface area contributed by atoms with E-state index < -0.39 is 0 Å². The lowest BCUT2D eigenvalue weighted by atomic mass is 10.1. The second-order valence-electron chi connectivity index (χ2n) is 6.96. The molecule has 2 aromatic carbocycles. The molecule has 142 valence electrons. The third-order valence-corrected chi connectivity index (χ3v) is 6.33. The zero-order chi connectivity index (χ0) is 19.1. The van der Waals surface area contributed by atoms with Crippen molar-refractivity contribution in [3.8, 4) is 0 Å². The predicted molar refractivity (Wildman–Crippen MR) is 109 cm³/mol. The Balaban J connectivity index is 1.45. The van der Waals surface area contributed by atoms with Crippen LogP contribution in [0.4, 0.5) is 0 Å². The highest BCUT2D eigenvalue weighted by molar-refractivity contribution is 7.18. The standard InChI is InChI=1S/C21H20N4O2S/c1-24-17-8-4-2-6-14(17)16(23-24)12-20(26)25-10-11-27-13-18(25)21-22-15-7-3-5-9-19(15)28-21/h2-9,18H,10-13H2,1H3. The quantitative estimate of drug-likeness (QED) is 0.537. The molecule has 3 heterocycles. The van der Waals surface area contributed by atoms with Crippen LogP contribution in [0.15, 0.2) is 48.5 Å². The molecule has 0 saturated carbocycles. The van der Waals surface area contributed by atoms with Gasteiger partial charge in [0.2, 0.25) is 5.91 Å². The van der Waals surface area contributed by atoms with Gasteiger partial charge in [-0.3, -0.25) is 9.48 Å². The molecule has 2 aromatic heterocycles. The van der Waals surface area contributed by atoms with Crippen LogP contribution in [0.2, 0.25) is 0 Å². The molecule has 1 aliphatic rings. The molecule has 0 aliphatic carbocycles. The zero-order valence-corrected chi connectivity index (χ0v) is 16.4. The average molecular weight is 392 g/mol. The number of nitrogens with zero attached hydrogens (tertiary/aromatic N) is 4. The molecule has 6 nitrogen and oxygen atoms in total. The number of carbonyl (C=O) groups is 1. The SMILES string of the molecule is Cn1nc(CC(=O)N2CCOCC2c2nc3ccccc3s2)c2ccccc21. The molecule has 0 N–H and O–H groups in total. The number of benzene rings is 2. The summed E-state index contributed by atoms with van der Waals surface area (Å²) in [5.74, 6) is 0.0661. The maximum absolute atomic E-state index is 13.2. The van der Waals surface area contributed by atoms with Gasteiger partial charge in [-0.1, -0.05) is 30.3 Å². The summed E-state index contributed by atoms with van der Waals surface area (Å²) >= 11 is 1.63. The fourth-order valence-electron chi connectivity index (χ4n) is 3.80. The van der Waals surface area contributed by atoms with Crippen LogP contribution in [0.3, 0.4) is 0 Å². The van der Waals surface area contributed by atoms with Crippen molar-refractivity contribution in [3.63, 3.8) is 0 Å². The van der Waals surface area contributed by atoms with Gasteiger partial charge < -0.3 is 9.64 Å². The topological polar surface area (TPSA) is 60.2 Å². The Morgan fingerprint density at radius 1 is 1.21 bits per heavy atom. The molecule has 1 fully saturated rings. The van der Waals surface area contributed by atoms with Gasteiger partial charge in [-0.25, -0.2) is 4.98 Å². The minimum absolute atomic E-state index is 0.0661. The summed E-state index contributed by atoms with van der Waals surface area (Å²) in [7, 11) is 1.91. The minimum Gasteiger partial charge on any atom is -0.377 e. The van der Waals surface area contributed by atoms with Gasteiger partial charge in [-0.2, -0.15) is 5.10 Å². The molecule has 4 aromatic rings. The molecule has 1 saturated heterocycles. The molecular formula is C21H20N4O2S. The van der Waals surface area contributed by atoms with Crippen molar-refractivity contribution in [3.05, 3.63) is 59.2 Å². The number of hydrogen-bond acceptors (Lipinski definition) is 5. The molecule has 0 spiro atoms. The lowest BCUT2D eigenvalue weighted by molar-refractivity contribution is -0.139. The Kier molecular flexibility index (Phi) is 4.33. The number of thiazole rings is 1. The van der Waals surface area contributed by atoms with Crippen molar-refractivity contribution in [1.29, 1.82) is 0 Å². The zero-order valence-electron chi connectivity index (χ0n) is 15.5. The molecule has 1 atom stereocenters. The Bertz CT molecular complexity index is 1130. The first kappa shape index (κ1) is 17.3. The van der Waals surface area contributed by atoms with Crippen molar-refractivity contribution in [1.82, 2.24) is 19.7 Å². The summed E-state index contributed by atoms with van der Waals surface area (Å²) in [6.45, 7) is 1.61. The smallest absolute Gasteiger partial charge is 0.229 e. The summed E-state index contributed by atoms with van der Waals surface area (Å²) < 4.78 is 8.66. The molecule has 5 rings (SSSR count). The van der Waals surface area contributed by atoms with E-state index in [1.54, 1.807) is 11.3 Å². The van der Waals surface area contributed by atoms with E-state index in [9.17, 15) is 4.79 Å². The summed E-state index contributed by atoms with van der Waals surface area (Å²) in [5, 5.41) is 6.54. The van der Waals surface area contributed by atoms with Crippen molar-refractivity contribution < 1.29 is 9.53 Å². The second kappa shape index (κ2) is 7.00. The Hall–Kier alpha value is -2.77. The van der Waals surface area contributed by atoms with Gasteiger partial charge in [0, 0.05) is 19.0 Å². The summed E-state index contributed by atoms with van der Waals surface area (Å²) in [6.07, 6.45) is 0.281. The fraction of sp³-hybridized carbons (Fsp3) is 0.286. The van der Waals surface area contributed by atoms with Gasteiger partial charge in [0.05, 0.1) is 41.1 Å². The number of rotatable bonds is 3. The summed E-state index contributed by atoms with van der Waals surface area (Å²) in [4.78, 5) is 19.9. The first-order valence-electron chi connectivity index (χ1n) is 9.34. The number of amides is 1. The van der Waals surface area contributed by atoms with Crippen LogP contribution in [0.5, 0.6) is 0 Å². The number of para-hydroxylation sites is 2. The van der Waals surface area contributed by atoms with Gasteiger partial charge >= 0.3 is 0 Å². The van der Waals surface area contributed by atoms with E-state index in [4.69, 9.17) is 9.72 Å². The number of ether oxygens (including phenoxy) is 1. The van der Waals surface area contributed by atoms with E-state index in [-0.39, 0.29) is 18.4 Å². The van der Waals surface area contributed by atoms with E-state index in [0.29, 0.717) is 19.8 Å². The predicted octanol–water partition coefficient (Wildman–Crippen LogP) is 3.33. The maximum atomic E-state index is 13.2. The number of aryl methyl sites for hydroxylation is 1. The van der Waals surface area contributed by atoms with E-state index in [1.807, 2.05) is 59.1 Å². The number of aromatic nitrogens is 3. The first-order chi connectivity index (χ1) is 13.7. The van der Waals surface area contributed by atoms with Crippen LogP contribution in [-0.2, 0) is 23.0 Å². The van der Waals surface area contributed by atoms with Crippen molar-refractivity contribution in [2.75, 3.05) is 19.8 Å². The highest BCUT2D eigenvalue weighted by Gasteiger charge is 2.31. The number of hydrogen-bond donors (Lipinski definition) is 0. The van der Waals surface area contributed by atoms with Crippen LogP contribution in [0.1, 0.15) is 16.7 Å². The normalized spacial score (nSPS) is 17.5. The number of carbonyl (C=O) groups excluding carboxylic acids is 1. The molecule has 0 radical (unpaired) electrons. The minimum atomic E-state index is -0.145. The maximum Gasteiger partial charge on any atom is 0.229 e. The highest BCUT2D eigenvalue weighted by atomic mass is 32.1. The van der Waals surface area contributed by atoms with Crippen molar-refractivity contribution in [2.45, 2.75) is 12.5 Å². The van der Waals surface area contributed by atoms with Crippen LogP contribution in [0.25, 0.3) is 21.1 Å². The monoisotopic (exact) mass is 392 g/mol. The van der Waals surface area contributed by atoms with Crippen LogP contribution < -0.4 is 0 Å². The Morgan fingerprint density at radius 2 is 2.04 bits per heavy atom. The summed E-state index contributed by atoms with van der Waals surface area (Å²) in [6, 6.07) is 15.9. The largest absolute Gasteiger partial charge is 0.377 e. The molecule has 0 bridgehead atoms. The van der Waals surface area contributed by atoms with Crippen LogP contribution >= 0.6 is 11.3 Å². The molecule has 28 heavy (non-hydrogen) atoms. The Morgan fingerprint density at radius 3 is 2.93 bits per heavy atom. The van der Waals surface area contributed by atoms with Gasteiger partial charge in [0.25, 0.3) is 0 Å². The molecule has 1 amide bonds. The Labute approximate surface area is 166 Å². The van der Waals surface area contributed by atoms with E-state index in [1.165, 1.54) is 0 Å². The van der Waals surface area contributed by atoms with Crippen LogP contribution in [-0.4, -0.2) is 45.3 Å². The van der Waals surface area contributed by atoms with Crippen LogP contribution in [0, 0.1) is 0 Å². The van der Waals surface area contributed by atoms with E-state index >= 15 is 0 Å². The highest BCUT2D eigenvalue weighted by Crippen LogP contribution is 2.32. The lowest BCUT2D eigenvalue weighted by Gasteiger charge is -2.34. The lowest BCUT2D eigenvalue weighted by Crippen LogP contribution is -2.44. The average Bonchev–Trinajstić information content (AvgIpc) is 3.30.